The third-order valence-corrected chi connectivity index (χ3v) is 4.15. The van der Waals surface area contributed by atoms with Gasteiger partial charge in [-0.25, -0.2) is 0 Å². The Balaban J connectivity index is 1.75. The molecule has 0 N–H and O–H groups in total. The van der Waals surface area contributed by atoms with Crippen LogP contribution in [-0.2, 0) is 6.42 Å². The van der Waals surface area contributed by atoms with E-state index in [2.05, 4.69) is 83.8 Å². The number of rotatable bonds is 2. The zero-order valence-corrected chi connectivity index (χ0v) is 11.9. The summed E-state index contributed by atoms with van der Waals surface area (Å²) >= 11 is 0. The minimum Gasteiger partial charge on any atom is -0.341 e. The van der Waals surface area contributed by atoms with Gasteiger partial charge < -0.3 is 4.90 Å². The molecule has 0 aliphatic carbocycles. The Labute approximate surface area is 125 Å². The lowest BCUT2D eigenvalue weighted by molar-refractivity contribution is 0.999. The molecular formula is C20H17N. The second kappa shape index (κ2) is 5.10. The van der Waals surface area contributed by atoms with Crippen molar-refractivity contribution in [1.29, 1.82) is 0 Å². The van der Waals surface area contributed by atoms with E-state index >= 15 is 0 Å². The number of anilines is 2. The maximum Gasteiger partial charge on any atom is 0.0444 e. The summed E-state index contributed by atoms with van der Waals surface area (Å²) in [5.74, 6) is 0. The molecule has 1 aliphatic heterocycles. The number of hydrogen-bond acceptors (Lipinski definition) is 1. The van der Waals surface area contributed by atoms with E-state index in [0.717, 1.165) is 13.0 Å². The maximum atomic E-state index is 2.42. The van der Waals surface area contributed by atoms with E-state index in [9.17, 15) is 0 Å². The van der Waals surface area contributed by atoms with Crippen LogP contribution in [0.5, 0.6) is 0 Å². The van der Waals surface area contributed by atoms with Gasteiger partial charge >= 0.3 is 0 Å². The minimum absolute atomic E-state index is 1.07. The van der Waals surface area contributed by atoms with Gasteiger partial charge in [0, 0.05) is 17.9 Å². The first kappa shape index (κ1) is 12.2. The molecule has 3 aromatic carbocycles. The molecule has 0 amide bonds. The number of para-hydroxylation sites is 1. The summed E-state index contributed by atoms with van der Waals surface area (Å²) in [6.07, 6.45) is 1.13. The van der Waals surface area contributed by atoms with Gasteiger partial charge in [0.15, 0.2) is 0 Å². The molecule has 0 spiro atoms. The zero-order chi connectivity index (χ0) is 14.1. The van der Waals surface area contributed by atoms with Crippen LogP contribution in [-0.4, -0.2) is 6.54 Å². The molecule has 1 nitrogen and oxygen atoms in total. The van der Waals surface area contributed by atoms with Crippen molar-refractivity contribution in [2.75, 3.05) is 11.4 Å². The average Bonchev–Trinajstić information content (AvgIpc) is 3.00. The van der Waals surface area contributed by atoms with Gasteiger partial charge in [-0.1, -0.05) is 60.7 Å². The molecule has 0 fully saturated rings. The molecule has 1 aliphatic rings. The van der Waals surface area contributed by atoms with Gasteiger partial charge in [0.1, 0.15) is 0 Å². The largest absolute Gasteiger partial charge is 0.341 e. The highest BCUT2D eigenvalue weighted by molar-refractivity contribution is 5.75. The van der Waals surface area contributed by atoms with E-state index < -0.39 is 0 Å². The van der Waals surface area contributed by atoms with Crippen LogP contribution in [0.3, 0.4) is 0 Å². The highest BCUT2D eigenvalue weighted by Crippen LogP contribution is 2.35. The first-order chi connectivity index (χ1) is 10.4. The number of nitrogens with zero attached hydrogens (tertiary/aromatic N) is 1. The number of hydrogen-bond donors (Lipinski definition) is 0. The van der Waals surface area contributed by atoms with Crippen LogP contribution in [0.15, 0.2) is 78.9 Å². The predicted octanol–water partition coefficient (Wildman–Crippen LogP) is 5.05. The van der Waals surface area contributed by atoms with Crippen LogP contribution < -0.4 is 4.90 Å². The van der Waals surface area contributed by atoms with E-state index in [-0.39, 0.29) is 0 Å². The SMILES string of the molecule is c1ccc(-c2cccc(N3CCc4ccccc43)c2)cc1. The molecule has 0 saturated heterocycles. The molecule has 21 heavy (non-hydrogen) atoms. The fourth-order valence-corrected chi connectivity index (χ4v) is 3.09. The van der Waals surface area contributed by atoms with E-state index in [1.165, 1.54) is 28.1 Å². The van der Waals surface area contributed by atoms with Crippen molar-refractivity contribution in [2.45, 2.75) is 6.42 Å². The van der Waals surface area contributed by atoms with Crippen molar-refractivity contribution >= 4 is 11.4 Å². The van der Waals surface area contributed by atoms with Crippen LogP contribution in [0.1, 0.15) is 5.56 Å². The van der Waals surface area contributed by atoms with Gasteiger partial charge in [-0.05, 0) is 41.3 Å². The van der Waals surface area contributed by atoms with Crippen molar-refractivity contribution in [2.24, 2.45) is 0 Å². The molecule has 4 rings (SSSR count). The lowest BCUT2D eigenvalue weighted by Crippen LogP contribution is -2.13. The highest BCUT2D eigenvalue weighted by Gasteiger charge is 2.19. The normalized spacial score (nSPS) is 13.2. The Hall–Kier alpha value is -2.54. The third kappa shape index (κ3) is 2.21. The van der Waals surface area contributed by atoms with Crippen LogP contribution in [0.4, 0.5) is 11.4 Å². The molecule has 0 aromatic heterocycles. The molecule has 3 aromatic rings. The van der Waals surface area contributed by atoms with Crippen molar-refractivity contribution in [3.8, 4) is 11.1 Å². The molecular weight excluding hydrogens is 254 g/mol. The Bertz CT molecular complexity index is 762. The highest BCUT2D eigenvalue weighted by atomic mass is 15.2. The standard InChI is InChI=1S/C20H17N/c1-2-7-16(8-3-1)18-10-6-11-19(15-18)21-14-13-17-9-4-5-12-20(17)21/h1-12,15H,13-14H2. The lowest BCUT2D eigenvalue weighted by Gasteiger charge is -2.20. The van der Waals surface area contributed by atoms with E-state index in [4.69, 9.17) is 0 Å². The van der Waals surface area contributed by atoms with Crippen LogP contribution in [0.2, 0.25) is 0 Å². The van der Waals surface area contributed by atoms with E-state index in [1.54, 1.807) is 0 Å². The molecule has 0 bridgehead atoms. The predicted molar refractivity (Wildman–Crippen MR) is 89.0 cm³/mol. The molecule has 1 heterocycles. The van der Waals surface area contributed by atoms with E-state index in [1.807, 2.05) is 0 Å². The van der Waals surface area contributed by atoms with Crippen LogP contribution in [0.25, 0.3) is 11.1 Å². The smallest absolute Gasteiger partial charge is 0.0444 e. The van der Waals surface area contributed by atoms with Crippen molar-refractivity contribution in [3.63, 3.8) is 0 Å². The Kier molecular flexibility index (Phi) is 2.97. The summed E-state index contributed by atoms with van der Waals surface area (Å²) in [6, 6.07) is 28.1. The maximum absolute atomic E-state index is 2.42. The molecule has 0 saturated carbocycles. The second-order valence-corrected chi connectivity index (χ2v) is 5.45. The summed E-state index contributed by atoms with van der Waals surface area (Å²) in [5.41, 5.74) is 6.62. The topological polar surface area (TPSA) is 3.24 Å². The number of benzene rings is 3. The molecule has 0 radical (unpaired) electrons. The van der Waals surface area contributed by atoms with Gasteiger partial charge in [-0.15, -0.1) is 0 Å². The van der Waals surface area contributed by atoms with Crippen molar-refractivity contribution in [3.05, 3.63) is 84.4 Å². The average molecular weight is 271 g/mol. The van der Waals surface area contributed by atoms with E-state index in [0.29, 0.717) is 0 Å². The van der Waals surface area contributed by atoms with Gasteiger partial charge in [0.2, 0.25) is 0 Å². The zero-order valence-electron chi connectivity index (χ0n) is 11.9. The molecule has 0 atom stereocenters. The summed E-state index contributed by atoms with van der Waals surface area (Å²) < 4.78 is 0. The Morgan fingerprint density at radius 2 is 1.43 bits per heavy atom. The third-order valence-electron chi connectivity index (χ3n) is 4.15. The van der Waals surface area contributed by atoms with Crippen molar-refractivity contribution < 1.29 is 0 Å². The number of fused-ring (bicyclic) bond motifs is 1. The quantitative estimate of drug-likeness (QED) is 0.630. The summed E-state index contributed by atoms with van der Waals surface area (Å²) in [7, 11) is 0. The molecule has 0 unspecified atom stereocenters. The second-order valence-electron chi connectivity index (χ2n) is 5.45. The van der Waals surface area contributed by atoms with Crippen LogP contribution >= 0.6 is 0 Å². The summed E-state index contributed by atoms with van der Waals surface area (Å²) in [4.78, 5) is 2.42. The fourth-order valence-electron chi connectivity index (χ4n) is 3.09. The van der Waals surface area contributed by atoms with Gasteiger partial charge in [0.25, 0.3) is 0 Å². The first-order valence-corrected chi connectivity index (χ1v) is 7.43. The van der Waals surface area contributed by atoms with Crippen molar-refractivity contribution in [1.82, 2.24) is 0 Å². The lowest BCUT2D eigenvalue weighted by atomic mass is 10.0. The minimum atomic E-state index is 1.07. The summed E-state index contributed by atoms with van der Waals surface area (Å²) in [5, 5.41) is 0. The van der Waals surface area contributed by atoms with Gasteiger partial charge in [-0.2, -0.15) is 0 Å². The Morgan fingerprint density at radius 1 is 0.667 bits per heavy atom. The van der Waals surface area contributed by atoms with Gasteiger partial charge in [-0.3, -0.25) is 0 Å². The Morgan fingerprint density at radius 3 is 2.33 bits per heavy atom. The molecule has 1 heteroatoms. The first-order valence-electron chi connectivity index (χ1n) is 7.43. The fraction of sp³-hybridized carbons (Fsp3) is 0.100. The summed E-state index contributed by atoms with van der Waals surface area (Å²) in [6.45, 7) is 1.07. The van der Waals surface area contributed by atoms with Crippen LogP contribution in [0, 0.1) is 0 Å². The monoisotopic (exact) mass is 271 g/mol. The molecule has 102 valence electrons. The van der Waals surface area contributed by atoms with Gasteiger partial charge in [0.05, 0.1) is 0 Å².